The number of ether oxygens (including phenoxy) is 1. The molecule has 10 heteroatoms. The predicted molar refractivity (Wildman–Crippen MR) is 131 cm³/mol. The molecule has 4 rings (SSSR count). The third-order valence-electron chi connectivity index (χ3n) is 5.79. The van der Waals surface area contributed by atoms with Crippen LogP contribution in [0.25, 0.3) is 5.65 Å². The minimum Gasteiger partial charge on any atom is -0.444 e. The van der Waals surface area contributed by atoms with Gasteiger partial charge in [0, 0.05) is 37.6 Å². The number of carbonyl (C=O) groups excluding carboxylic acids is 2. The van der Waals surface area contributed by atoms with Crippen molar-refractivity contribution < 1.29 is 18.7 Å². The largest absolute Gasteiger partial charge is 0.444 e. The molecule has 1 N–H and O–H groups in total. The summed E-state index contributed by atoms with van der Waals surface area (Å²) in [5.41, 5.74) is 2.21. The first-order chi connectivity index (χ1) is 16.4. The molecule has 3 heterocycles. The van der Waals surface area contributed by atoms with Gasteiger partial charge in [0.15, 0.2) is 5.65 Å². The molecule has 1 unspecified atom stereocenters. The number of piperazine rings is 1. The van der Waals surface area contributed by atoms with E-state index in [1.165, 1.54) is 12.1 Å². The number of halogens is 1. The summed E-state index contributed by atoms with van der Waals surface area (Å²) < 4.78 is 22.2. The van der Waals surface area contributed by atoms with E-state index in [1.807, 2.05) is 45.7 Å². The number of nitrogens with zero attached hydrogens (tertiary/aromatic N) is 5. The quantitative estimate of drug-likeness (QED) is 0.602. The van der Waals surface area contributed by atoms with Gasteiger partial charge in [0.1, 0.15) is 17.2 Å². The van der Waals surface area contributed by atoms with E-state index in [1.54, 1.807) is 28.5 Å². The Balaban J connectivity index is 1.44. The van der Waals surface area contributed by atoms with E-state index in [4.69, 9.17) is 4.74 Å². The lowest BCUT2D eigenvalue weighted by Gasteiger charge is -2.41. The number of hydrogen-bond acceptors (Lipinski definition) is 6. The van der Waals surface area contributed by atoms with Gasteiger partial charge in [0.25, 0.3) is 5.91 Å². The van der Waals surface area contributed by atoms with Crippen molar-refractivity contribution in [2.24, 2.45) is 0 Å². The first-order valence-corrected chi connectivity index (χ1v) is 11.6. The molecule has 186 valence electrons. The molecule has 0 aliphatic carbocycles. The lowest BCUT2D eigenvalue weighted by Crippen LogP contribution is -2.55. The summed E-state index contributed by atoms with van der Waals surface area (Å²) in [5, 5.41) is 2.67. The molecule has 9 nitrogen and oxygen atoms in total. The van der Waals surface area contributed by atoms with Gasteiger partial charge in [0.2, 0.25) is 0 Å². The monoisotopic (exact) mass is 482 g/mol. The maximum atomic E-state index is 15.0. The van der Waals surface area contributed by atoms with E-state index in [9.17, 15) is 14.0 Å². The molecule has 1 fully saturated rings. The van der Waals surface area contributed by atoms with Crippen LogP contribution < -0.4 is 10.2 Å². The van der Waals surface area contributed by atoms with Crippen LogP contribution >= 0.6 is 0 Å². The first kappa shape index (κ1) is 24.4. The molecule has 0 radical (unpaired) electrons. The van der Waals surface area contributed by atoms with Gasteiger partial charge in [-0.2, -0.15) is 0 Å². The number of rotatable bonds is 3. The summed E-state index contributed by atoms with van der Waals surface area (Å²) in [7, 11) is 0. The van der Waals surface area contributed by atoms with Crippen molar-refractivity contribution in [3.8, 4) is 0 Å². The van der Waals surface area contributed by atoms with E-state index >= 15 is 0 Å². The number of aryl methyl sites for hydroxylation is 2. The van der Waals surface area contributed by atoms with Crippen LogP contribution in [0.3, 0.4) is 0 Å². The van der Waals surface area contributed by atoms with Crippen LogP contribution in [0.5, 0.6) is 0 Å². The fourth-order valence-corrected chi connectivity index (χ4v) is 4.19. The van der Waals surface area contributed by atoms with Crippen LogP contribution in [0, 0.1) is 19.7 Å². The fourth-order valence-electron chi connectivity index (χ4n) is 4.19. The fraction of sp³-hybridized carbons (Fsp3) is 0.440. The van der Waals surface area contributed by atoms with Gasteiger partial charge in [-0.3, -0.25) is 4.79 Å². The lowest BCUT2D eigenvalue weighted by molar-refractivity contribution is 0.0159. The molecule has 1 aliphatic heterocycles. The van der Waals surface area contributed by atoms with Crippen LogP contribution in [0.4, 0.5) is 20.7 Å². The minimum absolute atomic E-state index is 0.0736. The van der Waals surface area contributed by atoms with E-state index in [0.717, 1.165) is 5.69 Å². The molecule has 2 aromatic heterocycles. The first-order valence-electron chi connectivity index (χ1n) is 11.6. The summed E-state index contributed by atoms with van der Waals surface area (Å²) in [6.45, 7) is 12.6. The zero-order chi connectivity index (χ0) is 25.5. The number of benzene rings is 1. The molecule has 1 atom stereocenters. The number of hydrogen-bond donors (Lipinski definition) is 1. The third kappa shape index (κ3) is 5.36. The topological polar surface area (TPSA) is 92.1 Å². The van der Waals surface area contributed by atoms with E-state index in [0.29, 0.717) is 42.5 Å². The van der Waals surface area contributed by atoms with Crippen molar-refractivity contribution in [1.29, 1.82) is 0 Å². The molecule has 1 aromatic carbocycles. The second-order valence-electron chi connectivity index (χ2n) is 9.91. The van der Waals surface area contributed by atoms with Crippen LogP contribution in [0.2, 0.25) is 0 Å². The number of nitrogens with one attached hydrogen (secondary N) is 1. The van der Waals surface area contributed by atoms with Gasteiger partial charge >= 0.3 is 6.09 Å². The van der Waals surface area contributed by atoms with Crippen LogP contribution in [0.1, 0.15) is 49.4 Å². The summed E-state index contributed by atoms with van der Waals surface area (Å²) in [5.74, 6) is -0.897. The Morgan fingerprint density at radius 3 is 2.54 bits per heavy atom. The molecule has 0 spiro atoms. The molecule has 0 bridgehead atoms. The standard InChI is InChI=1S/C25H31FN6O3/c1-15-12-31-14-21(28-17(3)22(31)27-15)29-23(33)19-8-7-18(11-20(19)26)30-9-10-32(16(2)13-30)24(34)35-25(4,5)6/h7-8,11-12,14,16H,9-10,13H2,1-6H3,(H,29,33). The maximum absolute atomic E-state index is 15.0. The summed E-state index contributed by atoms with van der Waals surface area (Å²) in [4.78, 5) is 37.7. The Hall–Kier alpha value is -3.69. The highest BCUT2D eigenvalue weighted by atomic mass is 19.1. The zero-order valence-corrected chi connectivity index (χ0v) is 20.9. The van der Waals surface area contributed by atoms with Gasteiger partial charge in [0.05, 0.1) is 23.1 Å². The number of aromatic nitrogens is 3. The average Bonchev–Trinajstić information content (AvgIpc) is 3.13. The molecule has 2 amide bonds. The predicted octanol–water partition coefficient (Wildman–Crippen LogP) is 4.18. The summed E-state index contributed by atoms with van der Waals surface area (Å²) >= 11 is 0. The highest BCUT2D eigenvalue weighted by molar-refractivity contribution is 6.04. The van der Waals surface area contributed by atoms with Crippen molar-refractivity contribution in [3.05, 3.63) is 53.4 Å². The van der Waals surface area contributed by atoms with Gasteiger partial charge < -0.3 is 24.3 Å². The van der Waals surface area contributed by atoms with Crippen molar-refractivity contribution in [3.63, 3.8) is 0 Å². The Labute approximate surface area is 203 Å². The van der Waals surface area contributed by atoms with Gasteiger partial charge in [-0.25, -0.2) is 19.2 Å². The molecule has 35 heavy (non-hydrogen) atoms. The highest BCUT2D eigenvalue weighted by Gasteiger charge is 2.31. The molecule has 0 saturated carbocycles. The Kier molecular flexibility index (Phi) is 6.40. The number of imidazole rings is 1. The normalized spacial score (nSPS) is 16.5. The Morgan fingerprint density at radius 2 is 1.89 bits per heavy atom. The summed E-state index contributed by atoms with van der Waals surface area (Å²) in [6.07, 6.45) is 3.13. The molecular formula is C25H31FN6O3. The van der Waals surface area contributed by atoms with Gasteiger partial charge in [-0.15, -0.1) is 0 Å². The number of carbonyl (C=O) groups is 2. The lowest BCUT2D eigenvalue weighted by atomic mass is 10.1. The summed E-state index contributed by atoms with van der Waals surface area (Å²) in [6, 6.07) is 4.43. The van der Waals surface area contributed by atoms with Gasteiger partial charge in [-0.1, -0.05) is 0 Å². The smallest absolute Gasteiger partial charge is 0.410 e. The number of fused-ring (bicyclic) bond motifs is 1. The average molecular weight is 483 g/mol. The van der Waals surface area contributed by atoms with Crippen LogP contribution in [-0.4, -0.2) is 62.5 Å². The second-order valence-corrected chi connectivity index (χ2v) is 9.91. The molecule has 3 aromatic rings. The molecule has 1 aliphatic rings. The maximum Gasteiger partial charge on any atom is 0.410 e. The SMILES string of the molecule is Cc1cn2cc(NC(=O)c3ccc(N4CCN(C(=O)OC(C)(C)C)C(C)C4)cc3F)nc(C)c2n1. The van der Waals surface area contributed by atoms with Crippen molar-refractivity contribution in [2.45, 2.75) is 53.2 Å². The van der Waals surface area contributed by atoms with Crippen LogP contribution in [0.15, 0.2) is 30.6 Å². The van der Waals surface area contributed by atoms with Crippen molar-refractivity contribution >= 4 is 29.2 Å². The van der Waals surface area contributed by atoms with Gasteiger partial charge in [-0.05, 0) is 59.7 Å². The van der Waals surface area contributed by atoms with E-state index in [2.05, 4.69) is 15.3 Å². The number of amides is 2. The van der Waals surface area contributed by atoms with Crippen molar-refractivity contribution in [1.82, 2.24) is 19.3 Å². The second kappa shape index (κ2) is 9.16. The molecule has 1 saturated heterocycles. The number of anilines is 2. The zero-order valence-electron chi connectivity index (χ0n) is 20.9. The molecular weight excluding hydrogens is 451 g/mol. The minimum atomic E-state index is -0.626. The Bertz CT molecular complexity index is 1280. The highest BCUT2D eigenvalue weighted by Crippen LogP contribution is 2.24. The Morgan fingerprint density at radius 1 is 1.14 bits per heavy atom. The van der Waals surface area contributed by atoms with Crippen molar-refractivity contribution in [2.75, 3.05) is 29.9 Å². The van der Waals surface area contributed by atoms with Crippen LogP contribution in [-0.2, 0) is 4.74 Å². The third-order valence-corrected chi connectivity index (χ3v) is 5.79. The van der Waals surface area contributed by atoms with E-state index < -0.39 is 17.3 Å². The van der Waals surface area contributed by atoms with E-state index in [-0.39, 0.29) is 17.7 Å².